The average Bonchev–Trinajstić information content (AvgIpc) is 3.00. The summed E-state index contributed by atoms with van der Waals surface area (Å²) in [6.45, 7) is 3.52. The highest BCUT2D eigenvalue weighted by Gasteiger charge is 2.19. The molecule has 0 saturated heterocycles. The Morgan fingerprint density at radius 1 is 1.35 bits per heavy atom. The van der Waals surface area contributed by atoms with Crippen molar-refractivity contribution in [3.63, 3.8) is 0 Å². The first-order valence-corrected chi connectivity index (χ1v) is 5.71. The van der Waals surface area contributed by atoms with Crippen LogP contribution < -0.4 is 5.73 Å². The Bertz CT molecular complexity index is 834. The van der Waals surface area contributed by atoms with Crippen LogP contribution in [0.3, 0.4) is 0 Å². The summed E-state index contributed by atoms with van der Waals surface area (Å²) in [5.41, 5.74) is 7.46. The van der Waals surface area contributed by atoms with Crippen molar-refractivity contribution in [3.8, 4) is 11.5 Å². The lowest BCUT2D eigenvalue weighted by molar-refractivity contribution is -0.401. The Kier molecular flexibility index (Phi) is 2.43. The molecule has 0 saturated carbocycles. The highest BCUT2D eigenvalue weighted by atomic mass is 16.6. The van der Waals surface area contributed by atoms with E-state index < -0.39 is 4.92 Å². The van der Waals surface area contributed by atoms with E-state index in [4.69, 9.17) is 10.2 Å². The smallest absolute Gasteiger partial charge is 0.399 e. The van der Waals surface area contributed by atoms with Crippen molar-refractivity contribution < 1.29 is 9.34 Å². The van der Waals surface area contributed by atoms with Crippen LogP contribution in [0.2, 0.25) is 0 Å². The van der Waals surface area contributed by atoms with Crippen LogP contribution in [0, 0.1) is 24.0 Å². The number of aryl methyl sites for hydroxylation is 2. The molecule has 9 heteroatoms. The van der Waals surface area contributed by atoms with Crippen LogP contribution in [-0.4, -0.2) is 24.5 Å². The summed E-state index contributed by atoms with van der Waals surface area (Å²) < 4.78 is 6.57. The number of furan rings is 1. The first-order valence-electron chi connectivity index (χ1n) is 5.71. The van der Waals surface area contributed by atoms with E-state index in [9.17, 15) is 10.1 Å². The number of anilines is 1. The topological polar surface area (TPSA) is 125 Å². The van der Waals surface area contributed by atoms with Gasteiger partial charge in [0.15, 0.2) is 11.4 Å². The van der Waals surface area contributed by atoms with Crippen molar-refractivity contribution in [3.05, 3.63) is 33.6 Å². The van der Waals surface area contributed by atoms with Gasteiger partial charge in [-0.25, -0.2) is 9.97 Å². The number of nitrogen functional groups attached to an aromatic ring is 1. The molecule has 0 spiro atoms. The molecule has 3 aromatic rings. The molecule has 0 unspecified atom stereocenters. The van der Waals surface area contributed by atoms with Crippen LogP contribution in [0.5, 0.6) is 0 Å². The lowest BCUT2D eigenvalue weighted by atomic mass is 10.2. The van der Waals surface area contributed by atoms with Gasteiger partial charge >= 0.3 is 5.88 Å². The molecule has 0 bridgehead atoms. The van der Waals surface area contributed by atoms with E-state index in [1.54, 1.807) is 13.8 Å². The van der Waals surface area contributed by atoms with Gasteiger partial charge in [-0.2, -0.15) is 4.52 Å². The summed E-state index contributed by atoms with van der Waals surface area (Å²) in [6.07, 6.45) is 0. The minimum absolute atomic E-state index is 0.139. The van der Waals surface area contributed by atoms with Crippen molar-refractivity contribution in [1.29, 1.82) is 0 Å². The second kappa shape index (κ2) is 4.02. The van der Waals surface area contributed by atoms with Gasteiger partial charge in [-0.15, -0.1) is 5.10 Å². The average molecular weight is 274 g/mol. The summed E-state index contributed by atoms with van der Waals surface area (Å²) in [7, 11) is 0. The largest absolute Gasteiger partial charge is 0.433 e. The number of hydrogen-bond donors (Lipinski definition) is 1. The van der Waals surface area contributed by atoms with Crippen LogP contribution in [0.1, 0.15) is 11.4 Å². The van der Waals surface area contributed by atoms with E-state index in [0.717, 1.165) is 0 Å². The molecular formula is C11H10N6O3. The monoisotopic (exact) mass is 274 g/mol. The minimum Gasteiger partial charge on any atom is -0.399 e. The number of rotatable bonds is 2. The summed E-state index contributed by atoms with van der Waals surface area (Å²) in [5, 5.41) is 14.8. The van der Waals surface area contributed by atoms with E-state index in [1.165, 1.54) is 16.6 Å². The van der Waals surface area contributed by atoms with Crippen molar-refractivity contribution in [2.24, 2.45) is 0 Å². The molecule has 3 heterocycles. The molecule has 0 radical (unpaired) electrons. The van der Waals surface area contributed by atoms with Crippen LogP contribution in [0.15, 0.2) is 16.5 Å². The molecular weight excluding hydrogens is 264 g/mol. The van der Waals surface area contributed by atoms with Gasteiger partial charge in [-0.3, -0.25) is 10.1 Å². The third-order valence-corrected chi connectivity index (χ3v) is 2.85. The number of nitrogens with two attached hydrogens (primary N) is 1. The quantitative estimate of drug-likeness (QED) is 0.554. The zero-order chi connectivity index (χ0) is 14.4. The number of aromatic nitrogens is 4. The fourth-order valence-electron chi connectivity index (χ4n) is 1.96. The third kappa shape index (κ3) is 1.67. The van der Waals surface area contributed by atoms with E-state index in [-0.39, 0.29) is 17.6 Å². The van der Waals surface area contributed by atoms with E-state index in [1.807, 2.05) is 0 Å². The lowest BCUT2D eigenvalue weighted by Gasteiger charge is -2.05. The van der Waals surface area contributed by atoms with Gasteiger partial charge in [0.05, 0.1) is 6.07 Å². The Hall–Kier alpha value is -2.97. The summed E-state index contributed by atoms with van der Waals surface area (Å²) in [5.74, 6) is 0.616. The zero-order valence-corrected chi connectivity index (χ0v) is 10.7. The molecule has 0 aliphatic carbocycles. The van der Waals surface area contributed by atoms with Gasteiger partial charge in [-0.1, -0.05) is 0 Å². The fourth-order valence-corrected chi connectivity index (χ4v) is 1.96. The number of nitro groups is 1. The zero-order valence-electron chi connectivity index (χ0n) is 10.7. The van der Waals surface area contributed by atoms with Gasteiger partial charge in [-0.05, 0) is 19.9 Å². The highest BCUT2D eigenvalue weighted by molar-refractivity contribution is 5.68. The maximum atomic E-state index is 10.7. The second-order valence-electron chi connectivity index (χ2n) is 4.23. The molecule has 0 aliphatic rings. The molecule has 9 nitrogen and oxygen atoms in total. The lowest BCUT2D eigenvalue weighted by Crippen LogP contribution is -2.05. The molecule has 3 rings (SSSR count). The molecule has 0 amide bonds. The number of hydrogen-bond acceptors (Lipinski definition) is 7. The molecule has 102 valence electrons. The first-order chi connectivity index (χ1) is 9.47. The molecule has 0 aliphatic heterocycles. The van der Waals surface area contributed by atoms with Gasteiger partial charge in [0.25, 0.3) is 0 Å². The first kappa shape index (κ1) is 12.1. The number of fused-ring (bicyclic) bond motifs is 1. The van der Waals surface area contributed by atoms with E-state index in [2.05, 4.69) is 15.1 Å². The molecule has 20 heavy (non-hydrogen) atoms. The van der Waals surface area contributed by atoms with E-state index in [0.29, 0.717) is 22.7 Å². The second-order valence-corrected chi connectivity index (χ2v) is 4.23. The summed E-state index contributed by atoms with van der Waals surface area (Å²) in [6, 6.07) is 2.75. The third-order valence-electron chi connectivity index (χ3n) is 2.85. The van der Waals surface area contributed by atoms with Gasteiger partial charge in [0, 0.05) is 5.56 Å². The predicted molar refractivity (Wildman–Crippen MR) is 69.0 cm³/mol. The van der Waals surface area contributed by atoms with Crippen molar-refractivity contribution >= 4 is 17.5 Å². The summed E-state index contributed by atoms with van der Waals surface area (Å²) in [4.78, 5) is 18.5. The highest BCUT2D eigenvalue weighted by Crippen LogP contribution is 2.29. The SMILES string of the molecule is Cc1nc2c(C)c(-c3ccc([N+](=O)[O-])o3)nc(N)n2n1. The Balaban J connectivity index is 2.25. The Morgan fingerprint density at radius 3 is 2.75 bits per heavy atom. The van der Waals surface area contributed by atoms with Crippen LogP contribution in [0.25, 0.3) is 17.1 Å². The normalized spacial score (nSPS) is 11.1. The molecule has 3 aromatic heterocycles. The molecule has 2 N–H and O–H groups in total. The van der Waals surface area contributed by atoms with Crippen molar-refractivity contribution in [1.82, 2.24) is 19.6 Å². The Morgan fingerprint density at radius 2 is 2.10 bits per heavy atom. The molecule has 0 atom stereocenters. The van der Waals surface area contributed by atoms with Crippen molar-refractivity contribution in [2.45, 2.75) is 13.8 Å². The minimum atomic E-state index is -0.609. The molecule has 0 fully saturated rings. The van der Waals surface area contributed by atoms with Gasteiger partial charge < -0.3 is 10.2 Å². The predicted octanol–water partition coefficient (Wildman–Crippen LogP) is 1.49. The number of nitrogens with zero attached hydrogens (tertiary/aromatic N) is 5. The maximum Gasteiger partial charge on any atom is 0.433 e. The fraction of sp³-hybridized carbons (Fsp3) is 0.182. The van der Waals surface area contributed by atoms with Crippen LogP contribution in [-0.2, 0) is 0 Å². The van der Waals surface area contributed by atoms with Crippen LogP contribution in [0.4, 0.5) is 11.8 Å². The van der Waals surface area contributed by atoms with Crippen LogP contribution >= 0.6 is 0 Å². The standard InChI is InChI=1S/C11H10N6O3/c1-5-9(7-3-4-8(20-7)17(18)19)14-11(12)16-10(5)13-6(2)15-16/h3-4H,1-2H3,(H2,12,14). The van der Waals surface area contributed by atoms with Crippen molar-refractivity contribution in [2.75, 3.05) is 5.73 Å². The van der Waals surface area contributed by atoms with Gasteiger partial charge in [0.2, 0.25) is 5.95 Å². The molecule has 0 aromatic carbocycles. The van der Waals surface area contributed by atoms with Gasteiger partial charge in [0.1, 0.15) is 16.4 Å². The maximum absolute atomic E-state index is 10.7. The van der Waals surface area contributed by atoms with E-state index >= 15 is 0 Å². The Labute approximate surface area is 112 Å². The summed E-state index contributed by atoms with van der Waals surface area (Å²) >= 11 is 0.